The highest BCUT2D eigenvalue weighted by Gasteiger charge is 2.15. The number of aromatic nitrogens is 4. The summed E-state index contributed by atoms with van der Waals surface area (Å²) in [6.07, 6.45) is 3.20. The molecular weight excluding hydrogens is 334 g/mol. The lowest BCUT2D eigenvalue weighted by Crippen LogP contribution is -2.09. The minimum absolute atomic E-state index is 0.188. The predicted molar refractivity (Wildman–Crippen MR) is 93.4 cm³/mol. The van der Waals surface area contributed by atoms with Gasteiger partial charge in [0.25, 0.3) is 0 Å². The maximum atomic E-state index is 14.4. The summed E-state index contributed by atoms with van der Waals surface area (Å²) in [5.41, 5.74) is 4.04. The second-order valence-electron chi connectivity index (χ2n) is 5.49. The molecule has 0 aliphatic carbocycles. The molecule has 0 aromatic carbocycles. The van der Waals surface area contributed by atoms with E-state index in [0.29, 0.717) is 21.6 Å². The van der Waals surface area contributed by atoms with Crippen LogP contribution in [0.2, 0.25) is 5.02 Å². The van der Waals surface area contributed by atoms with Crippen LogP contribution in [-0.4, -0.2) is 33.3 Å². The van der Waals surface area contributed by atoms with Crippen molar-refractivity contribution in [1.82, 2.24) is 19.9 Å². The Bertz CT molecular complexity index is 897. The van der Waals surface area contributed by atoms with Crippen LogP contribution in [-0.2, 0) is 0 Å². The fourth-order valence-corrected chi connectivity index (χ4v) is 3.06. The van der Waals surface area contributed by atoms with Gasteiger partial charge in [0.15, 0.2) is 5.82 Å². The molecule has 0 aliphatic rings. The van der Waals surface area contributed by atoms with Crippen molar-refractivity contribution in [2.45, 2.75) is 13.8 Å². The maximum absolute atomic E-state index is 14.4. The van der Waals surface area contributed by atoms with E-state index < -0.39 is 13.7 Å². The van der Waals surface area contributed by atoms with E-state index in [4.69, 9.17) is 11.6 Å². The predicted octanol–water partition coefficient (Wildman–Crippen LogP) is 3.86. The Hall–Kier alpha value is -1.71. The molecule has 0 N–H and O–H groups in total. The first kappa shape index (κ1) is 16.2. The number of rotatable bonds is 2. The van der Waals surface area contributed by atoms with Crippen molar-refractivity contribution in [1.29, 1.82) is 0 Å². The van der Waals surface area contributed by atoms with Crippen LogP contribution in [0.5, 0.6) is 0 Å². The number of nitrogens with zero attached hydrogens (tertiary/aromatic N) is 4. The molecule has 0 atom stereocenters. The van der Waals surface area contributed by atoms with Gasteiger partial charge in [-0.3, -0.25) is 4.98 Å². The smallest absolute Gasteiger partial charge is 0.151 e. The number of fused-ring (bicyclic) bond motifs is 1. The molecule has 0 unspecified atom stereocenters. The third-order valence-electron chi connectivity index (χ3n) is 3.64. The molecule has 0 bridgehead atoms. The fourth-order valence-electron chi connectivity index (χ4n) is 2.20. The van der Waals surface area contributed by atoms with Gasteiger partial charge in [-0.05, 0) is 40.7 Å². The van der Waals surface area contributed by atoms with E-state index in [0.717, 1.165) is 16.8 Å². The first-order chi connectivity index (χ1) is 10.9. The van der Waals surface area contributed by atoms with Gasteiger partial charge in [0.1, 0.15) is 16.8 Å². The van der Waals surface area contributed by atoms with Crippen molar-refractivity contribution in [3.8, 4) is 11.3 Å². The summed E-state index contributed by atoms with van der Waals surface area (Å²) in [6.45, 7) is 7.84. The number of pyridine rings is 2. The van der Waals surface area contributed by atoms with Crippen molar-refractivity contribution in [3.63, 3.8) is 0 Å². The monoisotopic (exact) mass is 348 g/mol. The highest BCUT2D eigenvalue weighted by Crippen LogP contribution is 2.30. The van der Waals surface area contributed by atoms with Crippen LogP contribution < -0.4 is 5.57 Å². The lowest BCUT2D eigenvalue weighted by atomic mass is 10.1. The molecule has 7 heteroatoms. The molecule has 3 heterocycles. The van der Waals surface area contributed by atoms with E-state index in [9.17, 15) is 4.39 Å². The molecule has 3 aromatic heterocycles. The zero-order chi connectivity index (χ0) is 16.7. The van der Waals surface area contributed by atoms with Crippen LogP contribution in [0.3, 0.4) is 0 Å². The van der Waals surface area contributed by atoms with Crippen LogP contribution in [0.25, 0.3) is 22.3 Å². The van der Waals surface area contributed by atoms with Crippen molar-refractivity contribution < 1.29 is 4.39 Å². The van der Waals surface area contributed by atoms with Crippen molar-refractivity contribution in [2.24, 2.45) is 0 Å². The van der Waals surface area contributed by atoms with Gasteiger partial charge in [-0.15, -0.1) is 0 Å². The molecule has 0 amide bonds. The lowest BCUT2D eigenvalue weighted by Gasteiger charge is -2.10. The summed E-state index contributed by atoms with van der Waals surface area (Å²) in [4.78, 5) is 17.3. The zero-order valence-electron chi connectivity index (χ0n) is 13.2. The molecule has 0 aliphatic heterocycles. The summed E-state index contributed by atoms with van der Waals surface area (Å²) in [5.74, 6) is -0.462. The third kappa shape index (κ3) is 2.91. The third-order valence-corrected chi connectivity index (χ3v) is 5.13. The van der Waals surface area contributed by atoms with Crippen LogP contribution in [0.1, 0.15) is 11.3 Å². The molecule has 3 rings (SSSR count). The molecule has 0 fully saturated rings. The van der Waals surface area contributed by atoms with Crippen molar-refractivity contribution in [3.05, 3.63) is 40.6 Å². The number of hydrogen-bond acceptors (Lipinski definition) is 4. The molecule has 4 nitrogen and oxygen atoms in total. The number of hydrogen-bond donors (Lipinski definition) is 0. The molecular formula is C16H15ClFN4P. The van der Waals surface area contributed by atoms with Gasteiger partial charge in [-0.1, -0.05) is 11.6 Å². The Morgan fingerprint density at radius 3 is 2.35 bits per heavy atom. The topological polar surface area (TPSA) is 51.6 Å². The standard InChI is InChI=1S/C16H15ClFN4P/c1-8-9(2)21-12-5-11(18)14(22-15(12)13(8)17)10-6-19-16(20-7-10)23(3)4/h5-7H,1-4H3. The Labute approximate surface area is 139 Å². The van der Waals surface area contributed by atoms with Gasteiger partial charge < -0.3 is 0 Å². The van der Waals surface area contributed by atoms with Gasteiger partial charge >= 0.3 is 0 Å². The highest BCUT2D eigenvalue weighted by molar-refractivity contribution is 7.63. The van der Waals surface area contributed by atoms with Gasteiger partial charge in [0.2, 0.25) is 0 Å². The van der Waals surface area contributed by atoms with E-state index in [1.165, 1.54) is 6.07 Å². The number of aryl methyl sites for hydroxylation is 1. The lowest BCUT2D eigenvalue weighted by molar-refractivity contribution is 0.628. The summed E-state index contributed by atoms with van der Waals surface area (Å²) in [5, 5.41) is 0.497. The second kappa shape index (κ2) is 6.06. The van der Waals surface area contributed by atoms with Gasteiger partial charge in [0, 0.05) is 29.7 Å². The zero-order valence-corrected chi connectivity index (χ0v) is 14.9. The first-order valence-electron chi connectivity index (χ1n) is 7.01. The van der Waals surface area contributed by atoms with E-state index in [2.05, 4.69) is 33.3 Å². The van der Waals surface area contributed by atoms with Gasteiger partial charge in [-0.2, -0.15) is 0 Å². The normalized spacial score (nSPS) is 11.4. The van der Waals surface area contributed by atoms with Crippen molar-refractivity contribution in [2.75, 3.05) is 13.3 Å². The minimum atomic E-state index is -0.462. The minimum Gasteiger partial charge on any atom is -0.251 e. The summed E-state index contributed by atoms with van der Waals surface area (Å²) >= 11 is 6.36. The quantitative estimate of drug-likeness (QED) is 0.660. The summed E-state index contributed by atoms with van der Waals surface area (Å²) < 4.78 is 14.4. The average molecular weight is 349 g/mol. The van der Waals surface area contributed by atoms with Gasteiger partial charge in [-0.25, -0.2) is 19.3 Å². The molecule has 23 heavy (non-hydrogen) atoms. The Morgan fingerprint density at radius 1 is 1.09 bits per heavy atom. The molecule has 3 aromatic rings. The first-order valence-corrected chi connectivity index (χ1v) is 9.62. The van der Waals surface area contributed by atoms with E-state index in [1.807, 2.05) is 13.8 Å². The molecule has 0 radical (unpaired) electrons. The van der Waals surface area contributed by atoms with E-state index >= 15 is 0 Å². The highest BCUT2D eigenvalue weighted by atomic mass is 35.5. The maximum Gasteiger partial charge on any atom is 0.151 e. The molecule has 118 valence electrons. The van der Waals surface area contributed by atoms with Crippen molar-refractivity contribution >= 4 is 36.1 Å². The summed E-state index contributed by atoms with van der Waals surface area (Å²) in [7, 11) is -0.393. The largest absolute Gasteiger partial charge is 0.251 e. The van der Waals surface area contributed by atoms with Crippen LogP contribution in [0.15, 0.2) is 18.5 Å². The fraction of sp³-hybridized carbons (Fsp3) is 0.250. The van der Waals surface area contributed by atoms with Crippen LogP contribution in [0, 0.1) is 19.7 Å². The molecule has 0 spiro atoms. The van der Waals surface area contributed by atoms with Crippen LogP contribution in [0.4, 0.5) is 4.39 Å². The van der Waals surface area contributed by atoms with Gasteiger partial charge in [0.05, 0.1) is 10.5 Å². The summed E-state index contributed by atoms with van der Waals surface area (Å²) in [6, 6.07) is 1.36. The molecule has 0 saturated heterocycles. The number of halogens is 2. The Morgan fingerprint density at radius 2 is 1.74 bits per heavy atom. The second-order valence-corrected chi connectivity index (χ2v) is 8.06. The van der Waals surface area contributed by atoms with E-state index in [1.54, 1.807) is 12.4 Å². The molecule has 0 saturated carbocycles. The van der Waals surface area contributed by atoms with Crippen LogP contribution >= 0.6 is 19.5 Å². The van der Waals surface area contributed by atoms with E-state index in [-0.39, 0.29) is 5.69 Å². The Balaban J connectivity index is 2.19. The SMILES string of the molecule is Cc1nc2cc(F)c(-c3cnc(P(C)C)nc3)nc2c(Cl)c1C. The Kier molecular flexibility index (Phi) is 4.26. The average Bonchev–Trinajstić information content (AvgIpc) is 2.52.